The van der Waals surface area contributed by atoms with Crippen LogP contribution in [0.4, 0.5) is 0 Å². The molecule has 0 saturated heterocycles. The number of hydrogen-bond acceptors (Lipinski definition) is 6. The summed E-state index contributed by atoms with van der Waals surface area (Å²) in [4.78, 5) is 17.7. The first-order chi connectivity index (χ1) is 17.7. The zero-order chi connectivity index (χ0) is 24.7. The summed E-state index contributed by atoms with van der Waals surface area (Å²) >= 11 is 0. The third-order valence-corrected chi connectivity index (χ3v) is 7.29. The molecule has 2 atom stereocenters. The highest BCUT2D eigenvalue weighted by atomic mass is 16.1. The summed E-state index contributed by atoms with van der Waals surface area (Å²) in [6, 6.07) is 16.4. The lowest BCUT2D eigenvalue weighted by Crippen LogP contribution is -2.24. The van der Waals surface area contributed by atoms with Gasteiger partial charge >= 0.3 is 0 Å². The summed E-state index contributed by atoms with van der Waals surface area (Å²) in [7, 11) is 0. The first kappa shape index (κ1) is 24.0. The van der Waals surface area contributed by atoms with Crippen LogP contribution in [0.25, 0.3) is 22.5 Å². The molecule has 8 heteroatoms. The number of nitrogens with one attached hydrogen (secondary N) is 2. The number of carbonyl (C=O) groups is 1. The highest BCUT2D eigenvalue weighted by Gasteiger charge is 2.29. The lowest BCUT2D eigenvalue weighted by molar-refractivity contribution is 0.0848. The van der Waals surface area contributed by atoms with Crippen LogP contribution in [0.3, 0.4) is 0 Å². The fraction of sp³-hybridized carbons (Fsp3) is 0.429. The van der Waals surface area contributed by atoms with Gasteiger partial charge in [-0.2, -0.15) is 5.10 Å². The van der Waals surface area contributed by atoms with E-state index in [-0.39, 0.29) is 11.7 Å². The van der Waals surface area contributed by atoms with Gasteiger partial charge in [0.05, 0.1) is 0 Å². The van der Waals surface area contributed by atoms with Crippen molar-refractivity contribution < 1.29 is 4.79 Å². The highest BCUT2D eigenvalue weighted by molar-refractivity contribution is 5.94. The minimum Gasteiger partial charge on any atom is -0.290 e. The average molecular weight is 484 g/mol. The fourth-order valence-corrected chi connectivity index (χ4v) is 5.35. The first-order valence-corrected chi connectivity index (χ1v) is 13.1. The van der Waals surface area contributed by atoms with Crippen LogP contribution in [0.1, 0.15) is 80.3 Å². The highest BCUT2D eigenvalue weighted by Crippen LogP contribution is 2.34. The van der Waals surface area contributed by atoms with Gasteiger partial charge in [-0.25, -0.2) is 10.1 Å². The molecule has 36 heavy (non-hydrogen) atoms. The van der Waals surface area contributed by atoms with E-state index in [2.05, 4.69) is 73.1 Å². The molecule has 5 rings (SSSR count). The van der Waals surface area contributed by atoms with E-state index >= 15 is 0 Å². The average Bonchev–Trinajstić information content (AvgIpc) is 3.62. The second-order valence-electron chi connectivity index (χ2n) is 9.86. The number of Topliss-reactive ketones (excluding diaryl/α,β-unsaturated/α-hetero) is 1. The van der Waals surface area contributed by atoms with Crippen LogP contribution < -0.4 is 0 Å². The molecule has 2 heterocycles. The monoisotopic (exact) mass is 483 g/mol. The Morgan fingerprint density at radius 2 is 1.83 bits per heavy atom. The predicted molar refractivity (Wildman–Crippen MR) is 138 cm³/mol. The number of hydrogen-bond donors (Lipinski definition) is 2. The minimum absolute atomic E-state index is 0.0629. The number of H-pyrrole nitrogens is 2. The van der Waals surface area contributed by atoms with Gasteiger partial charge in [-0.1, -0.05) is 94.0 Å². The summed E-state index contributed by atoms with van der Waals surface area (Å²) in [5.41, 5.74) is 4.17. The van der Waals surface area contributed by atoms with Gasteiger partial charge in [-0.05, 0) is 45.9 Å². The minimum atomic E-state index is 0.0629. The van der Waals surface area contributed by atoms with Crippen molar-refractivity contribution in [3.8, 4) is 22.5 Å². The van der Waals surface area contributed by atoms with Gasteiger partial charge in [0.1, 0.15) is 5.82 Å². The van der Waals surface area contributed by atoms with Crippen molar-refractivity contribution in [3.05, 3.63) is 65.7 Å². The Balaban J connectivity index is 1.23. The van der Waals surface area contributed by atoms with Crippen molar-refractivity contribution in [1.82, 2.24) is 35.8 Å². The first-order valence-electron chi connectivity index (χ1n) is 13.1. The maximum Gasteiger partial charge on any atom is 0.217 e. The fourth-order valence-electron chi connectivity index (χ4n) is 5.35. The Hall–Kier alpha value is -3.68. The van der Waals surface area contributed by atoms with E-state index < -0.39 is 0 Å². The Bertz CT molecular complexity index is 1260. The van der Waals surface area contributed by atoms with E-state index in [0.29, 0.717) is 24.0 Å². The smallest absolute Gasteiger partial charge is 0.217 e. The topological polar surface area (TPSA) is 113 Å². The van der Waals surface area contributed by atoms with Gasteiger partial charge in [-0.15, -0.1) is 5.10 Å². The van der Waals surface area contributed by atoms with E-state index in [9.17, 15) is 4.79 Å². The van der Waals surface area contributed by atoms with Crippen LogP contribution in [0, 0.1) is 11.8 Å². The van der Waals surface area contributed by atoms with Crippen LogP contribution in [0.2, 0.25) is 0 Å². The molecule has 2 aromatic carbocycles. The standard InChI is InChI=1S/C28H33N7O/c1-2-3-4-8-19-9-7-10-22(17-19)26(36)28-29-25(30-31-28)18-20-13-15-21(16-14-20)23-11-5-6-12-24(23)27-32-34-35-33-27/h5-6,11-16,19,22H,2-4,7-10,17-18H2,1H3,(H,29,30,31)(H,32,33,34,35). The normalized spacial score (nSPS) is 17.8. The van der Waals surface area contributed by atoms with E-state index in [1.54, 1.807) is 0 Å². The van der Waals surface area contributed by atoms with Gasteiger partial charge < -0.3 is 0 Å². The Morgan fingerprint density at radius 1 is 1.00 bits per heavy atom. The lowest BCUT2D eigenvalue weighted by Gasteiger charge is -2.27. The number of aromatic nitrogens is 7. The summed E-state index contributed by atoms with van der Waals surface area (Å²) in [5, 5.41) is 21.6. The molecule has 1 aliphatic rings. The molecular formula is C28H33N7O. The third-order valence-electron chi connectivity index (χ3n) is 7.29. The van der Waals surface area contributed by atoms with Crippen LogP contribution in [0.15, 0.2) is 48.5 Å². The number of unbranched alkanes of at least 4 members (excludes halogenated alkanes) is 2. The predicted octanol–water partition coefficient (Wildman–Crippen LogP) is 5.81. The van der Waals surface area contributed by atoms with Crippen molar-refractivity contribution in [2.24, 2.45) is 11.8 Å². The third kappa shape index (κ3) is 5.58. The quantitative estimate of drug-likeness (QED) is 0.217. The Kier molecular flexibility index (Phi) is 7.59. The molecule has 0 bridgehead atoms. The van der Waals surface area contributed by atoms with Gasteiger partial charge in [0, 0.05) is 17.9 Å². The number of benzene rings is 2. The van der Waals surface area contributed by atoms with E-state index in [0.717, 1.165) is 47.3 Å². The number of rotatable bonds is 10. The maximum atomic E-state index is 13.1. The summed E-state index contributed by atoms with van der Waals surface area (Å²) in [6.07, 6.45) is 9.96. The largest absolute Gasteiger partial charge is 0.290 e. The second kappa shape index (κ2) is 11.4. The van der Waals surface area contributed by atoms with Gasteiger partial charge in [-0.3, -0.25) is 9.89 Å². The van der Waals surface area contributed by atoms with Crippen molar-refractivity contribution in [2.45, 2.75) is 64.7 Å². The zero-order valence-electron chi connectivity index (χ0n) is 20.8. The van der Waals surface area contributed by atoms with Crippen molar-refractivity contribution in [1.29, 1.82) is 0 Å². The second-order valence-corrected chi connectivity index (χ2v) is 9.86. The molecule has 4 aromatic rings. The van der Waals surface area contributed by atoms with Crippen molar-refractivity contribution in [3.63, 3.8) is 0 Å². The number of ketones is 1. The molecule has 2 aromatic heterocycles. The van der Waals surface area contributed by atoms with Gasteiger partial charge in [0.15, 0.2) is 5.82 Å². The molecule has 0 spiro atoms. The SMILES string of the molecule is CCCCCC1CCCC(C(=O)c2n[nH]c(Cc3ccc(-c4ccccc4-c4nnn[nH]4)cc3)n2)C1. The molecule has 0 radical (unpaired) electrons. The van der Waals surface area contributed by atoms with Crippen LogP contribution in [-0.4, -0.2) is 41.6 Å². The molecule has 0 amide bonds. The van der Waals surface area contributed by atoms with Crippen LogP contribution >= 0.6 is 0 Å². The Morgan fingerprint density at radius 3 is 2.61 bits per heavy atom. The molecule has 1 fully saturated rings. The molecule has 186 valence electrons. The maximum absolute atomic E-state index is 13.1. The van der Waals surface area contributed by atoms with Crippen molar-refractivity contribution >= 4 is 5.78 Å². The number of carbonyl (C=O) groups excluding carboxylic acids is 1. The van der Waals surface area contributed by atoms with Crippen LogP contribution in [-0.2, 0) is 6.42 Å². The van der Waals surface area contributed by atoms with Crippen LogP contribution in [0.5, 0.6) is 0 Å². The number of nitrogens with zero attached hydrogens (tertiary/aromatic N) is 5. The number of tetrazole rings is 1. The molecule has 0 aliphatic heterocycles. The Labute approximate surface area is 211 Å². The summed E-state index contributed by atoms with van der Waals surface area (Å²) in [5.74, 6) is 2.53. The molecule has 2 N–H and O–H groups in total. The molecular weight excluding hydrogens is 450 g/mol. The molecule has 1 aliphatic carbocycles. The molecule has 2 unspecified atom stereocenters. The summed E-state index contributed by atoms with van der Waals surface area (Å²) in [6.45, 7) is 2.24. The number of aromatic amines is 2. The zero-order valence-corrected chi connectivity index (χ0v) is 20.8. The summed E-state index contributed by atoms with van der Waals surface area (Å²) < 4.78 is 0. The van der Waals surface area contributed by atoms with E-state index in [4.69, 9.17) is 0 Å². The van der Waals surface area contributed by atoms with Gasteiger partial charge in [0.2, 0.25) is 11.6 Å². The van der Waals surface area contributed by atoms with Crippen molar-refractivity contribution in [2.75, 3.05) is 0 Å². The van der Waals surface area contributed by atoms with E-state index in [1.807, 2.05) is 18.2 Å². The van der Waals surface area contributed by atoms with Gasteiger partial charge in [0.25, 0.3) is 0 Å². The lowest BCUT2D eigenvalue weighted by atomic mass is 9.77. The molecule has 1 saturated carbocycles. The van der Waals surface area contributed by atoms with E-state index in [1.165, 1.54) is 32.1 Å². The molecule has 8 nitrogen and oxygen atoms in total.